The van der Waals surface area contributed by atoms with Crippen LogP contribution in [-0.2, 0) is 22.5 Å². The third kappa shape index (κ3) is 3.55. The Morgan fingerprint density at radius 3 is 2.68 bits per heavy atom. The van der Waals surface area contributed by atoms with Gasteiger partial charge in [-0.05, 0) is 60.3 Å². The average molecular weight is 426 g/mol. The van der Waals surface area contributed by atoms with Crippen molar-refractivity contribution >= 4 is 5.97 Å². The minimum absolute atomic E-state index is 0.000131. The maximum Gasteiger partial charge on any atom is 0.311 e. The van der Waals surface area contributed by atoms with Crippen LogP contribution in [-0.4, -0.2) is 44.3 Å². The zero-order valence-electron chi connectivity index (χ0n) is 19.3. The molecule has 0 aromatic heterocycles. The van der Waals surface area contributed by atoms with E-state index < -0.39 is 0 Å². The number of carbonyl (C=O) groups is 1. The van der Waals surface area contributed by atoms with Crippen molar-refractivity contribution < 1.29 is 19.0 Å². The quantitative estimate of drug-likeness (QED) is 0.529. The molecule has 1 saturated carbocycles. The van der Waals surface area contributed by atoms with Gasteiger partial charge < -0.3 is 14.2 Å². The molecule has 2 heterocycles. The standard InChI is InChI=1S/C26H35NO4/c1-16-6-5-8-26(2)13-24-19(12-21(16)26)20(25(28)31-24)15-27-9-7-17-10-22(29-3)23(30-4)11-18(17)14-27/h10-12,16,19-20,24H,5-9,13-15H2,1-4H3/t16-,19+,20-,24-,26+/m1/s1. The Morgan fingerprint density at radius 2 is 1.94 bits per heavy atom. The van der Waals surface area contributed by atoms with E-state index in [1.165, 1.54) is 30.4 Å². The molecule has 4 aliphatic rings. The highest BCUT2D eigenvalue weighted by molar-refractivity contribution is 5.76. The minimum atomic E-state index is -0.0575. The van der Waals surface area contributed by atoms with Crippen LogP contribution in [0.15, 0.2) is 23.8 Å². The lowest BCUT2D eigenvalue weighted by molar-refractivity contribution is -0.145. The number of methoxy groups -OCH3 is 2. The molecule has 31 heavy (non-hydrogen) atoms. The molecule has 1 saturated heterocycles. The molecule has 2 fully saturated rings. The Bertz CT molecular complexity index is 909. The normalized spacial score (nSPS) is 34.8. The Labute approximate surface area is 185 Å². The molecule has 2 aliphatic heterocycles. The minimum Gasteiger partial charge on any atom is -0.493 e. The van der Waals surface area contributed by atoms with Crippen LogP contribution in [0.1, 0.15) is 50.7 Å². The van der Waals surface area contributed by atoms with Gasteiger partial charge in [0.05, 0.1) is 20.1 Å². The number of hydrogen-bond acceptors (Lipinski definition) is 5. The van der Waals surface area contributed by atoms with E-state index >= 15 is 0 Å². The number of rotatable bonds is 4. The lowest BCUT2D eigenvalue weighted by Crippen LogP contribution is -2.41. The molecule has 0 unspecified atom stereocenters. The molecule has 1 aromatic rings. The zero-order chi connectivity index (χ0) is 21.8. The summed E-state index contributed by atoms with van der Waals surface area (Å²) in [6.07, 6.45) is 8.25. The van der Waals surface area contributed by atoms with Crippen LogP contribution < -0.4 is 9.47 Å². The fraction of sp³-hybridized carbons (Fsp3) is 0.654. The van der Waals surface area contributed by atoms with Crippen LogP contribution in [0.3, 0.4) is 0 Å². The maximum absolute atomic E-state index is 12.9. The molecule has 0 spiro atoms. The molecular formula is C26H35NO4. The Balaban J connectivity index is 1.35. The lowest BCUT2D eigenvalue weighted by atomic mass is 9.59. The molecule has 0 bridgehead atoms. The first-order chi connectivity index (χ1) is 14.9. The van der Waals surface area contributed by atoms with Crippen molar-refractivity contribution in [2.75, 3.05) is 27.3 Å². The van der Waals surface area contributed by atoms with Crippen molar-refractivity contribution in [1.82, 2.24) is 4.90 Å². The summed E-state index contributed by atoms with van der Waals surface area (Å²) >= 11 is 0. The summed E-state index contributed by atoms with van der Waals surface area (Å²) < 4.78 is 16.9. The van der Waals surface area contributed by atoms with E-state index in [0.717, 1.165) is 44.0 Å². The number of benzene rings is 1. The summed E-state index contributed by atoms with van der Waals surface area (Å²) in [5.41, 5.74) is 4.38. The van der Waals surface area contributed by atoms with Gasteiger partial charge in [-0.25, -0.2) is 0 Å². The maximum atomic E-state index is 12.9. The summed E-state index contributed by atoms with van der Waals surface area (Å²) in [7, 11) is 3.36. The van der Waals surface area contributed by atoms with Gasteiger partial charge in [0.1, 0.15) is 6.10 Å². The van der Waals surface area contributed by atoms with Gasteiger partial charge in [-0.15, -0.1) is 0 Å². The van der Waals surface area contributed by atoms with Gasteiger partial charge in [-0.1, -0.05) is 31.9 Å². The number of fused-ring (bicyclic) bond motifs is 3. The van der Waals surface area contributed by atoms with Gasteiger partial charge in [0, 0.05) is 25.6 Å². The Morgan fingerprint density at radius 1 is 1.19 bits per heavy atom. The van der Waals surface area contributed by atoms with E-state index in [9.17, 15) is 4.79 Å². The second-order valence-corrected chi connectivity index (χ2v) is 10.3. The molecule has 2 aliphatic carbocycles. The van der Waals surface area contributed by atoms with E-state index in [1.54, 1.807) is 19.8 Å². The molecule has 0 amide bonds. The molecule has 1 aromatic carbocycles. The first-order valence-corrected chi connectivity index (χ1v) is 11.8. The number of hydrogen-bond donors (Lipinski definition) is 0. The first kappa shape index (κ1) is 20.9. The summed E-state index contributed by atoms with van der Waals surface area (Å²) in [5.74, 6) is 2.35. The molecular weight excluding hydrogens is 390 g/mol. The van der Waals surface area contributed by atoms with Gasteiger partial charge in [0.25, 0.3) is 0 Å². The molecule has 5 rings (SSSR count). The topological polar surface area (TPSA) is 48.0 Å². The monoisotopic (exact) mass is 425 g/mol. The smallest absolute Gasteiger partial charge is 0.311 e. The van der Waals surface area contributed by atoms with Gasteiger partial charge in [-0.3, -0.25) is 9.69 Å². The molecule has 5 nitrogen and oxygen atoms in total. The number of esters is 1. The van der Waals surface area contributed by atoms with Gasteiger partial charge in [0.15, 0.2) is 11.5 Å². The molecule has 5 heteroatoms. The largest absolute Gasteiger partial charge is 0.493 e. The van der Waals surface area contributed by atoms with Crippen molar-refractivity contribution in [3.05, 3.63) is 34.9 Å². The number of nitrogens with zero attached hydrogens (tertiary/aromatic N) is 1. The molecule has 0 radical (unpaired) electrons. The highest BCUT2D eigenvalue weighted by Gasteiger charge is 2.52. The van der Waals surface area contributed by atoms with Gasteiger partial charge in [-0.2, -0.15) is 0 Å². The highest BCUT2D eigenvalue weighted by Crippen LogP contribution is 2.54. The Hall–Kier alpha value is -2.01. The molecule has 168 valence electrons. The van der Waals surface area contributed by atoms with Crippen molar-refractivity contribution in [1.29, 1.82) is 0 Å². The van der Waals surface area contributed by atoms with Crippen molar-refractivity contribution in [3.63, 3.8) is 0 Å². The van der Waals surface area contributed by atoms with Crippen LogP contribution in [0.25, 0.3) is 0 Å². The SMILES string of the molecule is COc1cc2c(cc1OC)CN(C[C@H]1C(=O)O[C@@H]3C[C@]4(C)CCC[C@@H](C)C4=C[C@H]31)CC2. The predicted molar refractivity (Wildman–Crippen MR) is 119 cm³/mol. The second kappa shape index (κ2) is 7.84. The average Bonchev–Trinajstić information content (AvgIpc) is 3.04. The van der Waals surface area contributed by atoms with E-state index in [2.05, 4.69) is 37.0 Å². The fourth-order valence-electron chi connectivity index (χ4n) is 6.63. The summed E-state index contributed by atoms with van der Waals surface area (Å²) in [6, 6.07) is 4.19. The van der Waals surface area contributed by atoms with Gasteiger partial charge in [0.2, 0.25) is 0 Å². The first-order valence-electron chi connectivity index (χ1n) is 11.8. The van der Waals surface area contributed by atoms with Gasteiger partial charge >= 0.3 is 5.97 Å². The molecule has 5 atom stereocenters. The van der Waals surface area contributed by atoms with E-state index in [4.69, 9.17) is 14.2 Å². The fourth-order valence-corrected chi connectivity index (χ4v) is 6.63. The van der Waals surface area contributed by atoms with E-state index in [1.807, 2.05) is 0 Å². The summed E-state index contributed by atoms with van der Waals surface area (Å²) in [5, 5.41) is 0. The number of ether oxygens (including phenoxy) is 3. The molecule has 0 N–H and O–H groups in total. The summed E-state index contributed by atoms with van der Waals surface area (Å²) in [4.78, 5) is 15.3. The third-order valence-corrected chi connectivity index (χ3v) is 8.33. The second-order valence-electron chi connectivity index (χ2n) is 10.3. The van der Waals surface area contributed by atoms with Crippen LogP contribution in [0.5, 0.6) is 11.5 Å². The summed E-state index contributed by atoms with van der Waals surface area (Å²) in [6.45, 7) is 7.30. The number of carbonyl (C=O) groups excluding carboxylic acids is 1. The van der Waals surface area contributed by atoms with Crippen molar-refractivity contribution in [3.8, 4) is 11.5 Å². The van der Waals surface area contributed by atoms with Crippen LogP contribution in [0, 0.1) is 23.2 Å². The zero-order valence-corrected chi connectivity index (χ0v) is 19.3. The van der Waals surface area contributed by atoms with Crippen LogP contribution >= 0.6 is 0 Å². The van der Waals surface area contributed by atoms with Crippen molar-refractivity contribution in [2.24, 2.45) is 23.2 Å². The lowest BCUT2D eigenvalue weighted by Gasteiger charge is -2.46. The van der Waals surface area contributed by atoms with Crippen molar-refractivity contribution in [2.45, 2.75) is 58.6 Å². The number of allylic oxidation sites excluding steroid dienone is 1. The third-order valence-electron chi connectivity index (χ3n) is 8.33. The van der Waals surface area contributed by atoms with Crippen LogP contribution in [0.4, 0.5) is 0 Å². The van der Waals surface area contributed by atoms with Crippen LogP contribution in [0.2, 0.25) is 0 Å². The van der Waals surface area contributed by atoms with E-state index in [-0.39, 0.29) is 29.3 Å². The highest BCUT2D eigenvalue weighted by atomic mass is 16.6. The predicted octanol–water partition coefficient (Wildman–Crippen LogP) is 4.38. The Kier molecular flexibility index (Phi) is 5.28. The van der Waals surface area contributed by atoms with E-state index in [0.29, 0.717) is 5.92 Å².